The molecule has 1 aromatic rings. The summed E-state index contributed by atoms with van der Waals surface area (Å²) in [5.74, 6) is 0.279. The molecule has 0 aromatic carbocycles. The molecule has 0 amide bonds. The summed E-state index contributed by atoms with van der Waals surface area (Å²) < 4.78 is 27.5. The van der Waals surface area contributed by atoms with Gasteiger partial charge in [0.1, 0.15) is 5.82 Å². The molecule has 7 heteroatoms. The van der Waals surface area contributed by atoms with Gasteiger partial charge < -0.3 is 5.73 Å². The highest BCUT2D eigenvalue weighted by Crippen LogP contribution is 2.05. The van der Waals surface area contributed by atoms with Crippen molar-refractivity contribution >= 4 is 16.0 Å². The van der Waals surface area contributed by atoms with E-state index in [-0.39, 0.29) is 5.82 Å². The van der Waals surface area contributed by atoms with Gasteiger partial charge in [-0.25, -0.2) is 4.98 Å². The highest BCUT2D eigenvalue weighted by atomic mass is 32.2. The second kappa shape index (κ2) is 5.78. The summed E-state index contributed by atoms with van der Waals surface area (Å²) in [5.41, 5.74) is 6.25. The quantitative estimate of drug-likeness (QED) is 0.665. The molecule has 0 radical (unpaired) electrons. The standard InChI is InChI=1S/C9H16N4O2S/c1-2-5-12-16(14,15)13-9-4-3-8(6-10)7-11-9/h3-4,7,12H,2,5-6,10H2,1H3,(H,11,13). The first kappa shape index (κ1) is 12.9. The Kier molecular flexibility index (Phi) is 4.66. The van der Waals surface area contributed by atoms with Gasteiger partial charge in [0.2, 0.25) is 0 Å². The van der Waals surface area contributed by atoms with Gasteiger partial charge in [-0.2, -0.15) is 13.1 Å². The van der Waals surface area contributed by atoms with Crippen LogP contribution in [0.4, 0.5) is 5.82 Å². The van der Waals surface area contributed by atoms with Crippen molar-refractivity contribution in [1.82, 2.24) is 9.71 Å². The second-order valence-corrected chi connectivity index (χ2v) is 4.76. The molecule has 0 saturated heterocycles. The predicted octanol–water partition coefficient (Wildman–Crippen LogP) is 0.197. The minimum Gasteiger partial charge on any atom is -0.326 e. The van der Waals surface area contributed by atoms with Crippen LogP contribution in [0.2, 0.25) is 0 Å². The summed E-state index contributed by atoms with van der Waals surface area (Å²) >= 11 is 0. The zero-order valence-corrected chi connectivity index (χ0v) is 9.92. The average molecular weight is 244 g/mol. The lowest BCUT2D eigenvalue weighted by Crippen LogP contribution is -2.30. The van der Waals surface area contributed by atoms with Gasteiger partial charge in [0.25, 0.3) is 10.2 Å². The number of rotatable bonds is 6. The number of hydrogen-bond donors (Lipinski definition) is 3. The molecule has 0 aliphatic carbocycles. The van der Waals surface area contributed by atoms with E-state index in [1.54, 1.807) is 12.1 Å². The maximum absolute atomic E-state index is 11.4. The van der Waals surface area contributed by atoms with E-state index in [9.17, 15) is 8.42 Å². The molecule has 0 saturated carbocycles. The minimum atomic E-state index is -3.51. The topological polar surface area (TPSA) is 97.1 Å². The van der Waals surface area contributed by atoms with Crippen LogP contribution in [0.15, 0.2) is 18.3 Å². The molecule has 4 N–H and O–H groups in total. The summed E-state index contributed by atoms with van der Waals surface area (Å²) in [4.78, 5) is 3.93. The maximum Gasteiger partial charge on any atom is 0.300 e. The number of hydrogen-bond acceptors (Lipinski definition) is 4. The van der Waals surface area contributed by atoms with Crippen LogP contribution in [0.25, 0.3) is 0 Å². The van der Waals surface area contributed by atoms with Crippen LogP contribution in [0.5, 0.6) is 0 Å². The Bertz CT molecular complexity index is 416. The molecule has 1 rings (SSSR count). The molecule has 0 spiro atoms. The maximum atomic E-state index is 11.4. The lowest BCUT2D eigenvalue weighted by Gasteiger charge is -2.07. The summed E-state index contributed by atoms with van der Waals surface area (Å²) in [5, 5.41) is 0. The zero-order valence-electron chi connectivity index (χ0n) is 9.10. The van der Waals surface area contributed by atoms with Crippen LogP contribution in [-0.2, 0) is 16.8 Å². The van der Waals surface area contributed by atoms with Gasteiger partial charge in [-0.05, 0) is 18.1 Å². The van der Waals surface area contributed by atoms with E-state index >= 15 is 0 Å². The first-order valence-corrected chi connectivity index (χ1v) is 6.48. The summed E-state index contributed by atoms with van der Waals surface area (Å²) in [6, 6.07) is 3.30. The highest BCUT2D eigenvalue weighted by molar-refractivity contribution is 7.90. The van der Waals surface area contributed by atoms with Crippen molar-refractivity contribution < 1.29 is 8.42 Å². The number of aromatic nitrogens is 1. The van der Waals surface area contributed by atoms with E-state index < -0.39 is 10.2 Å². The average Bonchev–Trinajstić information content (AvgIpc) is 2.27. The molecule has 16 heavy (non-hydrogen) atoms. The van der Waals surface area contributed by atoms with Crippen LogP contribution in [0, 0.1) is 0 Å². The molecule has 0 bridgehead atoms. The lowest BCUT2D eigenvalue weighted by atomic mass is 10.3. The number of nitrogens with zero attached hydrogens (tertiary/aromatic N) is 1. The molecule has 90 valence electrons. The third-order valence-electron chi connectivity index (χ3n) is 1.84. The third-order valence-corrected chi connectivity index (χ3v) is 2.90. The molecular formula is C9H16N4O2S. The SMILES string of the molecule is CCCNS(=O)(=O)Nc1ccc(CN)cn1. The second-order valence-electron chi connectivity index (χ2n) is 3.26. The van der Waals surface area contributed by atoms with Crippen molar-refractivity contribution in [3.8, 4) is 0 Å². The van der Waals surface area contributed by atoms with Crippen LogP contribution >= 0.6 is 0 Å². The fourth-order valence-electron chi connectivity index (χ4n) is 1.02. The van der Waals surface area contributed by atoms with Crippen molar-refractivity contribution in [2.24, 2.45) is 5.73 Å². The Hall–Kier alpha value is -1.18. The van der Waals surface area contributed by atoms with E-state index in [0.717, 1.165) is 12.0 Å². The number of nitrogens with one attached hydrogen (secondary N) is 2. The van der Waals surface area contributed by atoms with Gasteiger partial charge in [-0.3, -0.25) is 4.72 Å². The largest absolute Gasteiger partial charge is 0.326 e. The Labute approximate surface area is 95.4 Å². The number of pyridine rings is 1. The Morgan fingerprint density at radius 1 is 1.44 bits per heavy atom. The molecule has 0 aliphatic heterocycles. The van der Waals surface area contributed by atoms with Crippen molar-refractivity contribution in [1.29, 1.82) is 0 Å². The molecule has 0 atom stereocenters. The molecule has 0 unspecified atom stereocenters. The molecule has 0 fully saturated rings. The molecular weight excluding hydrogens is 228 g/mol. The van der Waals surface area contributed by atoms with Gasteiger partial charge >= 0.3 is 0 Å². The molecule has 6 nitrogen and oxygen atoms in total. The van der Waals surface area contributed by atoms with Gasteiger partial charge in [-0.15, -0.1) is 0 Å². The fraction of sp³-hybridized carbons (Fsp3) is 0.444. The smallest absolute Gasteiger partial charge is 0.300 e. The Balaban J connectivity index is 2.65. The van der Waals surface area contributed by atoms with Crippen LogP contribution < -0.4 is 15.2 Å². The van der Waals surface area contributed by atoms with Gasteiger partial charge in [0, 0.05) is 19.3 Å². The van der Waals surface area contributed by atoms with Crippen molar-refractivity contribution in [2.75, 3.05) is 11.3 Å². The van der Waals surface area contributed by atoms with E-state index in [2.05, 4.69) is 14.4 Å². The van der Waals surface area contributed by atoms with Crippen LogP contribution in [0.1, 0.15) is 18.9 Å². The van der Waals surface area contributed by atoms with Crippen LogP contribution in [0.3, 0.4) is 0 Å². The number of anilines is 1. The first-order chi connectivity index (χ1) is 7.57. The third kappa shape index (κ3) is 4.13. The highest BCUT2D eigenvalue weighted by Gasteiger charge is 2.08. The monoisotopic (exact) mass is 244 g/mol. The molecule has 1 aromatic heterocycles. The van der Waals surface area contributed by atoms with Gasteiger partial charge in [-0.1, -0.05) is 13.0 Å². The van der Waals surface area contributed by atoms with E-state index in [1.807, 2.05) is 6.92 Å². The number of nitrogens with two attached hydrogens (primary N) is 1. The predicted molar refractivity (Wildman–Crippen MR) is 63.0 cm³/mol. The van der Waals surface area contributed by atoms with Crippen molar-refractivity contribution in [3.05, 3.63) is 23.9 Å². The summed E-state index contributed by atoms with van der Waals surface area (Å²) in [7, 11) is -3.51. The Morgan fingerprint density at radius 2 is 2.19 bits per heavy atom. The molecule has 1 heterocycles. The summed E-state index contributed by atoms with van der Waals surface area (Å²) in [6.45, 7) is 2.67. The molecule has 0 aliphatic rings. The van der Waals surface area contributed by atoms with Gasteiger partial charge in [0.05, 0.1) is 0 Å². The summed E-state index contributed by atoms with van der Waals surface area (Å²) in [6.07, 6.45) is 2.28. The zero-order chi connectivity index (χ0) is 12.0. The van der Waals surface area contributed by atoms with E-state index in [0.29, 0.717) is 13.1 Å². The van der Waals surface area contributed by atoms with Crippen LogP contribution in [-0.4, -0.2) is 19.9 Å². The van der Waals surface area contributed by atoms with Crippen molar-refractivity contribution in [2.45, 2.75) is 19.9 Å². The fourth-order valence-corrected chi connectivity index (χ4v) is 1.96. The normalized spacial score (nSPS) is 11.4. The van der Waals surface area contributed by atoms with Crippen molar-refractivity contribution in [3.63, 3.8) is 0 Å². The minimum absolute atomic E-state index is 0.279. The van der Waals surface area contributed by atoms with E-state index in [1.165, 1.54) is 6.20 Å². The van der Waals surface area contributed by atoms with E-state index in [4.69, 9.17) is 5.73 Å². The Morgan fingerprint density at radius 3 is 2.69 bits per heavy atom. The first-order valence-electron chi connectivity index (χ1n) is 5.00. The van der Waals surface area contributed by atoms with Gasteiger partial charge in [0.15, 0.2) is 0 Å². The lowest BCUT2D eigenvalue weighted by molar-refractivity contribution is 0.586.